The zero-order chi connectivity index (χ0) is 14.8. The first-order chi connectivity index (χ1) is 9.38. The van der Waals surface area contributed by atoms with Crippen molar-refractivity contribution in [2.75, 3.05) is 6.54 Å². The molecule has 110 valence electrons. The van der Waals surface area contributed by atoms with Gasteiger partial charge in [-0.05, 0) is 19.8 Å². The van der Waals surface area contributed by atoms with Crippen molar-refractivity contribution in [2.24, 2.45) is 11.1 Å². The van der Waals surface area contributed by atoms with Crippen molar-refractivity contribution in [1.29, 1.82) is 0 Å². The number of nitrogens with one attached hydrogen (secondary N) is 1. The van der Waals surface area contributed by atoms with Crippen LogP contribution in [0.25, 0.3) is 0 Å². The highest BCUT2D eigenvalue weighted by Crippen LogP contribution is 2.22. The highest BCUT2D eigenvalue weighted by Gasteiger charge is 2.33. The van der Waals surface area contributed by atoms with E-state index in [9.17, 15) is 4.79 Å². The maximum atomic E-state index is 12.0. The molecule has 1 atom stereocenters. The van der Waals surface area contributed by atoms with Gasteiger partial charge in [0.1, 0.15) is 5.76 Å². The molecule has 1 aromatic heterocycles. The van der Waals surface area contributed by atoms with Gasteiger partial charge in [0.05, 0.1) is 12.3 Å². The van der Waals surface area contributed by atoms with Crippen LogP contribution in [-0.2, 0) is 11.3 Å². The van der Waals surface area contributed by atoms with Gasteiger partial charge in [-0.1, -0.05) is 24.2 Å². The molecule has 2 rings (SSSR count). The Balaban J connectivity index is 1.87. The second kappa shape index (κ2) is 5.64. The summed E-state index contributed by atoms with van der Waals surface area (Å²) in [5, 5.41) is 10.5. The van der Waals surface area contributed by atoms with Crippen molar-refractivity contribution in [3.8, 4) is 0 Å². The summed E-state index contributed by atoms with van der Waals surface area (Å²) in [6, 6.07) is 1.69. The zero-order valence-corrected chi connectivity index (χ0v) is 12.4. The Morgan fingerprint density at radius 1 is 1.55 bits per heavy atom. The van der Waals surface area contributed by atoms with Gasteiger partial charge in [-0.2, -0.15) is 0 Å². The van der Waals surface area contributed by atoms with E-state index in [0.29, 0.717) is 24.6 Å². The molecule has 0 bridgehead atoms. The molecule has 1 aromatic rings. The van der Waals surface area contributed by atoms with E-state index in [-0.39, 0.29) is 5.91 Å². The van der Waals surface area contributed by atoms with Gasteiger partial charge in [0.2, 0.25) is 0 Å². The van der Waals surface area contributed by atoms with Crippen LogP contribution in [0, 0.1) is 5.92 Å². The molecule has 1 unspecified atom stereocenters. The highest BCUT2D eigenvalue weighted by atomic mass is 16.7. The number of carbonyl (C=O) groups excluding carboxylic acids is 1. The van der Waals surface area contributed by atoms with Crippen molar-refractivity contribution in [2.45, 2.75) is 46.1 Å². The number of hydrogen-bond donors (Lipinski definition) is 1. The third-order valence-corrected chi connectivity index (χ3v) is 3.08. The summed E-state index contributed by atoms with van der Waals surface area (Å²) in [5.74, 6) is 0.940. The van der Waals surface area contributed by atoms with Crippen LogP contribution in [0.3, 0.4) is 0 Å². The first-order valence-electron chi connectivity index (χ1n) is 6.83. The Morgan fingerprint density at radius 3 is 2.90 bits per heavy atom. The van der Waals surface area contributed by atoms with Gasteiger partial charge in [-0.25, -0.2) is 0 Å². The summed E-state index contributed by atoms with van der Waals surface area (Å²) >= 11 is 0. The number of amides is 1. The molecule has 6 heteroatoms. The average molecular weight is 279 g/mol. The van der Waals surface area contributed by atoms with Gasteiger partial charge in [-0.3, -0.25) is 4.79 Å². The molecule has 0 saturated carbocycles. The van der Waals surface area contributed by atoms with E-state index in [1.807, 2.05) is 13.8 Å². The van der Waals surface area contributed by atoms with E-state index < -0.39 is 5.60 Å². The number of oxime groups is 1. The van der Waals surface area contributed by atoms with Gasteiger partial charge in [0.25, 0.3) is 5.91 Å². The number of hydrogen-bond acceptors (Lipinski definition) is 5. The Labute approximate surface area is 118 Å². The number of nitrogens with zero attached hydrogens (tertiary/aromatic N) is 2. The first kappa shape index (κ1) is 14.6. The molecule has 20 heavy (non-hydrogen) atoms. The van der Waals surface area contributed by atoms with E-state index in [0.717, 1.165) is 17.9 Å². The molecule has 1 N–H and O–H groups in total. The molecule has 2 heterocycles. The predicted molar refractivity (Wildman–Crippen MR) is 74.6 cm³/mol. The van der Waals surface area contributed by atoms with Crippen molar-refractivity contribution in [3.63, 3.8) is 0 Å². The van der Waals surface area contributed by atoms with Crippen molar-refractivity contribution >= 4 is 11.6 Å². The standard InChI is InChI=1S/C14H21N3O3/c1-9(2)5-11-6-12(17-19-11)13(18)15-8-14(4)7-10(3)16-20-14/h6,9H,5,7-8H2,1-4H3,(H,15,18). The lowest BCUT2D eigenvalue weighted by atomic mass is 10.0. The maximum Gasteiger partial charge on any atom is 0.273 e. The third-order valence-electron chi connectivity index (χ3n) is 3.08. The maximum absolute atomic E-state index is 12.0. The second-order valence-electron chi connectivity index (χ2n) is 6.00. The lowest BCUT2D eigenvalue weighted by Gasteiger charge is -2.21. The second-order valence-corrected chi connectivity index (χ2v) is 6.00. The van der Waals surface area contributed by atoms with Crippen LogP contribution in [0.2, 0.25) is 0 Å². The number of rotatable bonds is 5. The van der Waals surface area contributed by atoms with E-state index in [1.54, 1.807) is 6.07 Å². The molecule has 0 saturated heterocycles. The number of carbonyl (C=O) groups is 1. The number of aromatic nitrogens is 1. The largest absolute Gasteiger partial charge is 0.387 e. The van der Waals surface area contributed by atoms with E-state index in [1.165, 1.54) is 0 Å². The molecular weight excluding hydrogens is 258 g/mol. The normalized spacial score (nSPS) is 21.8. The SMILES string of the molecule is CC1=NOC(C)(CNC(=O)c2cc(CC(C)C)on2)C1. The first-order valence-corrected chi connectivity index (χ1v) is 6.83. The predicted octanol–water partition coefficient (Wildman–Crippen LogP) is 2.16. The lowest BCUT2D eigenvalue weighted by Crippen LogP contribution is -2.40. The van der Waals surface area contributed by atoms with E-state index in [4.69, 9.17) is 9.36 Å². The Bertz CT molecular complexity index is 521. The van der Waals surface area contributed by atoms with E-state index in [2.05, 4.69) is 29.5 Å². The minimum absolute atomic E-state index is 0.252. The Morgan fingerprint density at radius 2 is 2.30 bits per heavy atom. The summed E-state index contributed by atoms with van der Waals surface area (Å²) in [4.78, 5) is 17.3. The van der Waals surface area contributed by atoms with Crippen molar-refractivity contribution < 1.29 is 14.2 Å². The Hall–Kier alpha value is -1.85. The molecule has 0 spiro atoms. The van der Waals surface area contributed by atoms with Crippen LogP contribution < -0.4 is 5.32 Å². The minimum Gasteiger partial charge on any atom is -0.387 e. The van der Waals surface area contributed by atoms with Crippen LogP contribution in [0.1, 0.15) is 50.4 Å². The third kappa shape index (κ3) is 3.59. The summed E-state index contributed by atoms with van der Waals surface area (Å²) in [6.45, 7) is 8.38. The van der Waals surface area contributed by atoms with E-state index >= 15 is 0 Å². The van der Waals surface area contributed by atoms with Crippen LogP contribution in [0.5, 0.6) is 0 Å². The summed E-state index contributed by atoms with van der Waals surface area (Å²) in [5.41, 5.74) is 0.770. The molecule has 1 aliphatic rings. The summed E-state index contributed by atoms with van der Waals surface area (Å²) in [6.07, 6.45) is 1.48. The minimum atomic E-state index is -0.468. The fraction of sp³-hybridized carbons (Fsp3) is 0.643. The highest BCUT2D eigenvalue weighted by molar-refractivity contribution is 5.92. The van der Waals surface area contributed by atoms with Gasteiger partial charge < -0.3 is 14.7 Å². The monoisotopic (exact) mass is 279 g/mol. The van der Waals surface area contributed by atoms with Gasteiger partial charge in [0, 0.05) is 18.9 Å². The van der Waals surface area contributed by atoms with Crippen LogP contribution >= 0.6 is 0 Å². The molecule has 0 radical (unpaired) electrons. The van der Waals surface area contributed by atoms with Crippen LogP contribution in [0.15, 0.2) is 15.7 Å². The van der Waals surface area contributed by atoms with Gasteiger partial charge >= 0.3 is 0 Å². The smallest absolute Gasteiger partial charge is 0.273 e. The molecule has 0 fully saturated rings. The molecule has 6 nitrogen and oxygen atoms in total. The molecule has 1 aliphatic heterocycles. The fourth-order valence-electron chi connectivity index (χ4n) is 2.16. The molecular formula is C14H21N3O3. The summed E-state index contributed by atoms with van der Waals surface area (Å²) in [7, 11) is 0. The molecule has 0 aliphatic carbocycles. The van der Waals surface area contributed by atoms with Gasteiger partial charge in [0.15, 0.2) is 11.3 Å². The van der Waals surface area contributed by atoms with Crippen molar-refractivity contribution in [3.05, 3.63) is 17.5 Å². The fourth-order valence-corrected chi connectivity index (χ4v) is 2.16. The summed E-state index contributed by atoms with van der Waals surface area (Å²) < 4.78 is 5.15. The van der Waals surface area contributed by atoms with Crippen LogP contribution in [0.4, 0.5) is 0 Å². The average Bonchev–Trinajstić information content (AvgIpc) is 2.94. The molecule has 0 aromatic carbocycles. The lowest BCUT2D eigenvalue weighted by molar-refractivity contribution is -0.00187. The Kier molecular flexibility index (Phi) is 4.11. The van der Waals surface area contributed by atoms with Crippen LogP contribution in [-0.4, -0.2) is 28.9 Å². The zero-order valence-electron chi connectivity index (χ0n) is 12.4. The topological polar surface area (TPSA) is 76.7 Å². The quantitative estimate of drug-likeness (QED) is 0.896. The van der Waals surface area contributed by atoms with Crippen molar-refractivity contribution in [1.82, 2.24) is 10.5 Å². The molecule has 1 amide bonds. The van der Waals surface area contributed by atoms with Gasteiger partial charge in [-0.15, -0.1) is 0 Å².